The summed E-state index contributed by atoms with van der Waals surface area (Å²) >= 11 is 0. The largest absolute Gasteiger partial charge is 0.464 e. The molecule has 0 saturated carbocycles. The van der Waals surface area contributed by atoms with Crippen molar-refractivity contribution in [2.45, 2.75) is 6.18 Å². The number of hydrogen-bond donors (Lipinski definition) is 1. The lowest BCUT2D eigenvalue weighted by molar-refractivity contribution is -0.141. The summed E-state index contributed by atoms with van der Waals surface area (Å²) in [5.74, 6) is -0.910. The molecular weight excluding hydrogens is 189 g/mol. The Morgan fingerprint density at radius 2 is 2.23 bits per heavy atom. The van der Waals surface area contributed by atoms with Crippen LogP contribution >= 0.6 is 0 Å². The van der Waals surface area contributed by atoms with Gasteiger partial charge in [0.15, 0.2) is 5.69 Å². The van der Waals surface area contributed by atoms with Gasteiger partial charge in [0.2, 0.25) is 0 Å². The highest BCUT2D eigenvalue weighted by Crippen LogP contribution is 2.27. The molecule has 1 aromatic rings. The van der Waals surface area contributed by atoms with E-state index in [2.05, 4.69) is 9.84 Å². The first kappa shape index (κ1) is 9.56. The standard InChI is InChI=1S/C6H5F3N2O2/c1-13-5(12)3-2-4(11-10-3)6(7,8)9/h2H,1H3,(H,10,11). The first-order valence-electron chi connectivity index (χ1n) is 3.16. The number of esters is 1. The van der Waals surface area contributed by atoms with Gasteiger partial charge in [-0.15, -0.1) is 0 Å². The van der Waals surface area contributed by atoms with Crippen LogP contribution in [0.5, 0.6) is 0 Å². The van der Waals surface area contributed by atoms with Crippen molar-refractivity contribution in [1.82, 2.24) is 10.2 Å². The number of methoxy groups -OCH3 is 1. The van der Waals surface area contributed by atoms with Crippen LogP contribution in [0.25, 0.3) is 0 Å². The number of ether oxygens (including phenoxy) is 1. The highest BCUT2D eigenvalue weighted by molar-refractivity contribution is 5.87. The van der Waals surface area contributed by atoms with Crippen LogP contribution in [0.1, 0.15) is 16.2 Å². The molecule has 0 aromatic carbocycles. The second kappa shape index (κ2) is 3.08. The maximum atomic E-state index is 11.9. The van der Waals surface area contributed by atoms with Gasteiger partial charge in [0.25, 0.3) is 0 Å². The first-order valence-corrected chi connectivity index (χ1v) is 3.16. The Morgan fingerprint density at radius 3 is 2.62 bits per heavy atom. The monoisotopic (exact) mass is 194 g/mol. The summed E-state index contributed by atoms with van der Waals surface area (Å²) in [5.41, 5.74) is -1.47. The second-order valence-electron chi connectivity index (χ2n) is 2.16. The maximum Gasteiger partial charge on any atom is 0.432 e. The van der Waals surface area contributed by atoms with Gasteiger partial charge >= 0.3 is 12.1 Å². The Kier molecular flexibility index (Phi) is 2.26. The Labute approximate surface area is 70.7 Å². The fourth-order valence-electron chi connectivity index (χ4n) is 0.676. The van der Waals surface area contributed by atoms with E-state index in [9.17, 15) is 18.0 Å². The van der Waals surface area contributed by atoms with E-state index in [4.69, 9.17) is 0 Å². The van der Waals surface area contributed by atoms with Crippen LogP contribution in [0.15, 0.2) is 6.07 Å². The summed E-state index contributed by atoms with van der Waals surface area (Å²) in [6.07, 6.45) is -4.53. The zero-order valence-electron chi connectivity index (χ0n) is 6.47. The third-order valence-electron chi connectivity index (χ3n) is 1.28. The number of aromatic nitrogens is 2. The molecule has 0 fully saturated rings. The van der Waals surface area contributed by atoms with Gasteiger partial charge in [0.1, 0.15) is 5.69 Å². The highest BCUT2D eigenvalue weighted by atomic mass is 19.4. The molecule has 0 atom stereocenters. The quantitative estimate of drug-likeness (QED) is 0.683. The van der Waals surface area contributed by atoms with Gasteiger partial charge in [0, 0.05) is 6.07 Å². The zero-order valence-corrected chi connectivity index (χ0v) is 6.47. The van der Waals surface area contributed by atoms with E-state index in [0.717, 1.165) is 7.11 Å². The van der Waals surface area contributed by atoms with Crippen molar-refractivity contribution in [3.8, 4) is 0 Å². The van der Waals surface area contributed by atoms with Crippen LogP contribution in [0.4, 0.5) is 13.2 Å². The molecule has 0 aliphatic heterocycles. The van der Waals surface area contributed by atoms with E-state index in [1.54, 1.807) is 5.10 Å². The summed E-state index contributed by atoms with van der Waals surface area (Å²) in [6, 6.07) is 0.589. The molecule has 0 unspecified atom stereocenters. The average Bonchev–Trinajstić information content (AvgIpc) is 2.50. The molecule has 0 spiro atoms. The van der Waals surface area contributed by atoms with Gasteiger partial charge in [-0.2, -0.15) is 18.3 Å². The van der Waals surface area contributed by atoms with Gasteiger partial charge < -0.3 is 4.74 Å². The van der Waals surface area contributed by atoms with E-state index < -0.39 is 23.5 Å². The van der Waals surface area contributed by atoms with Crippen molar-refractivity contribution in [2.75, 3.05) is 7.11 Å². The number of H-pyrrole nitrogens is 1. The summed E-state index contributed by atoms with van der Waals surface area (Å²) in [7, 11) is 1.06. The van der Waals surface area contributed by atoms with Gasteiger partial charge in [-0.05, 0) is 0 Å². The number of hydrogen-bond acceptors (Lipinski definition) is 3. The lowest BCUT2D eigenvalue weighted by atomic mass is 10.3. The van der Waals surface area contributed by atoms with Crippen molar-refractivity contribution in [3.05, 3.63) is 17.5 Å². The molecular formula is C6H5F3N2O2. The smallest absolute Gasteiger partial charge is 0.432 e. The lowest BCUT2D eigenvalue weighted by Gasteiger charge is -1.99. The molecule has 1 rings (SSSR count). The molecule has 0 amide bonds. The second-order valence-corrected chi connectivity index (χ2v) is 2.16. The number of aromatic amines is 1. The summed E-state index contributed by atoms with van der Waals surface area (Å²) in [5, 5.41) is 4.82. The number of alkyl halides is 3. The molecule has 1 heterocycles. The molecule has 0 radical (unpaired) electrons. The third kappa shape index (κ3) is 1.98. The minimum Gasteiger partial charge on any atom is -0.464 e. The third-order valence-corrected chi connectivity index (χ3v) is 1.28. The molecule has 0 aliphatic carbocycles. The maximum absolute atomic E-state index is 11.9. The van der Waals surface area contributed by atoms with Gasteiger partial charge in [-0.25, -0.2) is 4.79 Å². The Bertz CT molecular complexity index is 318. The number of carbonyl (C=O) groups excluding carboxylic acids is 1. The molecule has 1 aromatic heterocycles. The Hall–Kier alpha value is -1.53. The number of nitrogens with one attached hydrogen (secondary N) is 1. The van der Waals surface area contributed by atoms with Crippen LogP contribution in [0, 0.1) is 0 Å². The van der Waals surface area contributed by atoms with Crippen molar-refractivity contribution in [1.29, 1.82) is 0 Å². The molecule has 72 valence electrons. The van der Waals surface area contributed by atoms with Crippen LogP contribution in [-0.2, 0) is 10.9 Å². The fraction of sp³-hybridized carbons (Fsp3) is 0.333. The van der Waals surface area contributed by atoms with Crippen molar-refractivity contribution in [3.63, 3.8) is 0 Å². The van der Waals surface area contributed by atoms with E-state index in [0.29, 0.717) is 6.07 Å². The Morgan fingerprint density at radius 1 is 1.62 bits per heavy atom. The fourth-order valence-corrected chi connectivity index (χ4v) is 0.676. The average molecular weight is 194 g/mol. The Balaban J connectivity index is 2.93. The molecule has 0 aliphatic rings. The van der Waals surface area contributed by atoms with Gasteiger partial charge in [0.05, 0.1) is 7.11 Å². The van der Waals surface area contributed by atoms with Crippen LogP contribution in [0.2, 0.25) is 0 Å². The number of carbonyl (C=O) groups is 1. The predicted molar refractivity (Wildman–Crippen MR) is 34.9 cm³/mol. The van der Waals surface area contributed by atoms with Gasteiger partial charge in [-0.1, -0.05) is 0 Å². The van der Waals surface area contributed by atoms with E-state index in [-0.39, 0.29) is 0 Å². The van der Waals surface area contributed by atoms with Crippen LogP contribution in [0.3, 0.4) is 0 Å². The summed E-state index contributed by atoms with van der Waals surface area (Å²) in [4.78, 5) is 10.7. The van der Waals surface area contributed by atoms with Gasteiger partial charge in [-0.3, -0.25) is 5.10 Å². The first-order chi connectivity index (χ1) is 5.95. The molecule has 1 N–H and O–H groups in total. The van der Waals surface area contributed by atoms with Crippen molar-refractivity contribution < 1.29 is 22.7 Å². The minimum absolute atomic E-state index is 0.394. The summed E-state index contributed by atoms with van der Waals surface area (Å²) < 4.78 is 40.0. The van der Waals surface area contributed by atoms with Crippen LogP contribution < -0.4 is 0 Å². The molecule has 7 heteroatoms. The van der Waals surface area contributed by atoms with E-state index in [1.807, 2.05) is 0 Å². The van der Waals surface area contributed by atoms with E-state index >= 15 is 0 Å². The SMILES string of the molecule is COC(=O)c1cc(C(F)(F)F)[nH]n1. The lowest BCUT2D eigenvalue weighted by Crippen LogP contribution is -2.05. The van der Waals surface area contributed by atoms with Crippen molar-refractivity contribution in [2.24, 2.45) is 0 Å². The van der Waals surface area contributed by atoms with Crippen LogP contribution in [-0.4, -0.2) is 23.3 Å². The normalized spacial score (nSPS) is 11.4. The zero-order chi connectivity index (χ0) is 10.1. The number of rotatable bonds is 1. The topological polar surface area (TPSA) is 55.0 Å². The molecule has 0 saturated heterocycles. The number of nitrogens with zero attached hydrogens (tertiary/aromatic N) is 1. The highest BCUT2D eigenvalue weighted by Gasteiger charge is 2.33. The molecule has 13 heavy (non-hydrogen) atoms. The minimum atomic E-state index is -4.53. The number of halogens is 3. The summed E-state index contributed by atoms with van der Waals surface area (Å²) in [6.45, 7) is 0. The van der Waals surface area contributed by atoms with Crippen molar-refractivity contribution >= 4 is 5.97 Å². The predicted octanol–water partition coefficient (Wildman–Crippen LogP) is 1.22. The molecule has 4 nitrogen and oxygen atoms in total. The van der Waals surface area contributed by atoms with E-state index in [1.165, 1.54) is 0 Å². The molecule has 0 bridgehead atoms.